The van der Waals surface area contributed by atoms with Crippen LogP contribution in [0.4, 0.5) is 0 Å². The molecule has 7 nitrogen and oxygen atoms in total. The van der Waals surface area contributed by atoms with Crippen molar-refractivity contribution in [3.63, 3.8) is 0 Å². The van der Waals surface area contributed by atoms with Gasteiger partial charge in [0.2, 0.25) is 11.8 Å². The summed E-state index contributed by atoms with van der Waals surface area (Å²) in [4.78, 5) is 34.4. The number of carbonyl (C=O) groups is 3. The molecule has 1 aliphatic rings. The Kier molecular flexibility index (Phi) is 3.83. The number of amides is 2. The number of carboxylic acids is 1. The lowest BCUT2D eigenvalue weighted by molar-refractivity contribution is -0.148. The van der Waals surface area contributed by atoms with E-state index in [1.54, 1.807) is 0 Å². The molecule has 0 aliphatic carbocycles. The van der Waals surface area contributed by atoms with Crippen LogP contribution in [-0.4, -0.2) is 46.4 Å². The monoisotopic (exact) mass is 229 g/mol. The molecule has 2 amide bonds. The number of rotatable bonds is 4. The Morgan fingerprint density at radius 1 is 1.44 bits per heavy atom. The number of nitrogens with zero attached hydrogens (tertiary/aromatic N) is 1. The number of hydrogen-bond donors (Lipinski definition) is 3. The lowest BCUT2D eigenvalue weighted by atomic mass is 10.1. The van der Waals surface area contributed by atoms with Crippen molar-refractivity contribution in [2.75, 3.05) is 6.54 Å². The predicted octanol–water partition coefficient (Wildman–Crippen LogP) is -1.74. The normalized spacial score (nSPS) is 21.8. The highest BCUT2D eigenvalue weighted by atomic mass is 16.4. The zero-order chi connectivity index (χ0) is 12.3. The first-order chi connectivity index (χ1) is 7.43. The van der Waals surface area contributed by atoms with Crippen LogP contribution in [0, 0.1) is 0 Å². The standard InChI is InChI=1S/C9H15N3O4/c10-5(4-7(11)13)8(14)12-3-1-2-6(12)9(15)16/h5-6H,1-4,10H2,(H2,11,13)(H,15,16). The molecule has 2 atom stereocenters. The molecule has 0 saturated carbocycles. The van der Waals surface area contributed by atoms with Gasteiger partial charge in [-0.3, -0.25) is 9.59 Å². The van der Waals surface area contributed by atoms with E-state index in [0.29, 0.717) is 19.4 Å². The second kappa shape index (κ2) is 4.93. The summed E-state index contributed by atoms with van der Waals surface area (Å²) < 4.78 is 0. The van der Waals surface area contributed by atoms with Crippen LogP contribution < -0.4 is 11.5 Å². The molecule has 2 unspecified atom stereocenters. The third-order valence-electron chi connectivity index (χ3n) is 2.56. The van der Waals surface area contributed by atoms with Crippen LogP contribution in [0.25, 0.3) is 0 Å². The fourth-order valence-corrected chi connectivity index (χ4v) is 1.80. The highest BCUT2D eigenvalue weighted by molar-refractivity contribution is 5.90. The van der Waals surface area contributed by atoms with Gasteiger partial charge >= 0.3 is 5.97 Å². The van der Waals surface area contributed by atoms with Gasteiger partial charge in [0.1, 0.15) is 6.04 Å². The molecule has 0 radical (unpaired) electrons. The summed E-state index contributed by atoms with van der Waals surface area (Å²) in [6.45, 7) is 0.363. The summed E-state index contributed by atoms with van der Waals surface area (Å²) >= 11 is 0. The Balaban J connectivity index is 2.65. The van der Waals surface area contributed by atoms with Crippen molar-refractivity contribution in [2.24, 2.45) is 11.5 Å². The number of aliphatic carboxylic acids is 1. The third kappa shape index (κ3) is 2.69. The first-order valence-electron chi connectivity index (χ1n) is 5.00. The van der Waals surface area contributed by atoms with Crippen LogP contribution in [-0.2, 0) is 14.4 Å². The lowest BCUT2D eigenvalue weighted by Crippen LogP contribution is -2.49. The zero-order valence-corrected chi connectivity index (χ0v) is 8.76. The van der Waals surface area contributed by atoms with Crippen molar-refractivity contribution in [1.29, 1.82) is 0 Å². The van der Waals surface area contributed by atoms with Crippen molar-refractivity contribution >= 4 is 17.8 Å². The van der Waals surface area contributed by atoms with Crippen molar-refractivity contribution in [2.45, 2.75) is 31.3 Å². The van der Waals surface area contributed by atoms with Gasteiger partial charge in [0.15, 0.2) is 0 Å². The van der Waals surface area contributed by atoms with E-state index >= 15 is 0 Å². The number of carboxylic acid groups (broad SMARTS) is 1. The van der Waals surface area contributed by atoms with Gasteiger partial charge in [-0.2, -0.15) is 0 Å². The number of likely N-dealkylation sites (tertiary alicyclic amines) is 1. The van der Waals surface area contributed by atoms with Crippen LogP contribution in [0.2, 0.25) is 0 Å². The second-order valence-corrected chi connectivity index (χ2v) is 3.80. The molecule has 1 rings (SSSR count). The minimum absolute atomic E-state index is 0.262. The summed E-state index contributed by atoms with van der Waals surface area (Å²) in [6, 6.07) is -1.87. The summed E-state index contributed by atoms with van der Waals surface area (Å²) in [6.07, 6.45) is 0.790. The molecule has 0 bridgehead atoms. The second-order valence-electron chi connectivity index (χ2n) is 3.80. The molecule has 7 heteroatoms. The summed E-state index contributed by atoms with van der Waals surface area (Å²) in [7, 11) is 0. The van der Waals surface area contributed by atoms with Gasteiger partial charge in [-0.15, -0.1) is 0 Å². The average molecular weight is 229 g/mol. The van der Waals surface area contributed by atoms with Gasteiger partial charge in [-0.05, 0) is 12.8 Å². The molecule has 1 aliphatic heterocycles. The van der Waals surface area contributed by atoms with Crippen molar-refractivity contribution in [3.05, 3.63) is 0 Å². The minimum atomic E-state index is -1.04. The van der Waals surface area contributed by atoms with Crippen LogP contribution in [0.3, 0.4) is 0 Å². The maximum absolute atomic E-state index is 11.7. The molecule has 1 saturated heterocycles. The van der Waals surface area contributed by atoms with Gasteiger partial charge in [0.05, 0.1) is 12.5 Å². The van der Waals surface area contributed by atoms with Crippen LogP contribution in [0.5, 0.6) is 0 Å². The summed E-state index contributed by atoms with van der Waals surface area (Å²) in [5, 5.41) is 8.87. The molecule has 90 valence electrons. The summed E-state index contributed by atoms with van der Waals surface area (Å²) in [5.41, 5.74) is 10.4. The highest BCUT2D eigenvalue weighted by Gasteiger charge is 2.36. The summed E-state index contributed by atoms with van der Waals surface area (Å²) in [5.74, 6) is -2.24. The highest BCUT2D eigenvalue weighted by Crippen LogP contribution is 2.18. The van der Waals surface area contributed by atoms with E-state index in [0.717, 1.165) is 0 Å². The van der Waals surface area contributed by atoms with Gasteiger partial charge in [0.25, 0.3) is 0 Å². The van der Waals surface area contributed by atoms with E-state index in [2.05, 4.69) is 0 Å². The molecule has 5 N–H and O–H groups in total. The van der Waals surface area contributed by atoms with Crippen LogP contribution >= 0.6 is 0 Å². The van der Waals surface area contributed by atoms with Crippen molar-refractivity contribution < 1.29 is 19.5 Å². The molecule has 0 aromatic carbocycles. The number of primary amides is 1. The Morgan fingerprint density at radius 3 is 2.56 bits per heavy atom. The average Bonchev–Trinajstić information content (AvgIpc) is 2.63. The fraction of sp³-hybridized carbons (Fsp3) is 0.667. The molecule has 0 spiro atoms. The molecule has 1 fully saturated rings. The van der Waals surface area contributed by atoms with Crippen molar-refractivity contribution in [3.8, 4) is 0 Å². The van der Waals surface area contributed by atoms with E-state index in [1.807, 2.05) is 0 Å². The van der Waals surface area contributed by atoms with Crippen molar-refractivity contribution in [1.82, 2.24) is 4.90 Å². The molecular formula is C9H15N3O4. The predicted molar refractivity (Wildman–Crippen MR) is 54.2 cm³/mol. The van der Waals surface area contributed by atoms with E-state index in [4.69, 9.17) is 16.6 Å². The molecule has 1 heterocycles. The number of hydrogen-bond acceptors (Lipinski definition) is 4. The quantitative estimate of drug-likeness (QED) is 0.527. The maximum atomic E-state index is 11.7. The zero-order valence-electron chi connectivity index (χ0n) is 8.76. The molecular weight excluding hydrogens is 214 g/mol. The minimum Gasteiger partial charge on any atom is -0.480 e. The number of nitrogens with two attached hydrogens (primary N) is 2. The first-order valence-corrected chi connectivity index (χ1v) is 5.00. The Morgan fingerprint density at radius 2 is 2.06 bits per heavy atom. The van der Waals surface area contributed by atoms with Gasteiger partial charge < -0.3 is 21.5 Å². The van der Waals surface area contributed by atoms with E-state index in [-0.39, 0.29) is 6.42 Å². The lowest BCUT2D eigenvalue weighted by Gasteiger charge is -2.24. The SMILES string of the molecule is NC(=O)CC(N)C(=O)N1CCCC1C(=O)O. The van der Waals surface area contributed by atoms with Gasteiger partial charge in [-0.25, -0.2) is 4.79 Å². The first kappa shape index (κ1) is 12.4. The number of carbonyl (C=O) groups excluding carboxylic acids is 2. The van der Waals surface area contributed by atoms with Gasteiger partial charge in [-0.1, -0.05) is 0 Å². The van der Waals surface area contributed by atoms with Crippen LogP contribution in [0.1, 0.15) is 19.3 Å². The Labute approximate surface area is 92.4 Å². The fourth-order valence-electron chi connectivity index (χ4n) is 1.80. The topological polar surface area (TPSA) is 127 Å². The Bertz CT molecular complexity index is 318. The third-order valence-corrected chi connectivity index (χ3v) is 2.56. The largest absolute Gasteiger partial charge is 0.480 e. The molecule has 0 aromatic rings. The Hall–Kier alpha value is -1.63. The maximum Gasteiger partial charge on any atom is 0.326 e. The van der Waals surface area contributed by atoms with E-state index < -0.39 is 29.9 Å². The smallest absolute Gasteiger partial charge is 0.326 e. The van der Waals surface area contributed by atoms with E-state index in [9.17, 15) is 14.4 Å². The van der Waals surface area contributed by atoms with E-state index in [1.165, 1.54) is 4.90 Å². The van der Waals surface area contributed by atoms with Gasteiger partial charge in [0, 0.05) is 6.54 Å². The molecule has 16 heavy (non-hydrogen) atoms. The van der Waals surface area contributed by atoms with Crippen LogP contribution in [0.15, 0.2) is 0 Å². The molecule has 0 aromatic heterocycles.